The Bertz CT molecular complexity index is 526. The second-order valence-corrected chi connectivity index (χ2v) is 6.39. The summed E-state index contributed by atoms with van der Waals surface area (Å²) >= 11 is 0. The van der Waals surface area contributed by atoms with Crippen molar-refractivity contribution in [2.75, 3.05) is 26.7 Å². The van der Waals surface area contributed by atoms with Gasteiger partial charge in [-0.3, -0.25) is 4.79 Å². The van der Waals surface area contributed by atoms with Crippen molar-refractivity contribution in [2.24, 2.45) is 11.3 Å². The lowest BCUT2D eigenvalue weighted by atomic mass is 9.92. The molecule has 1 aliphatic carbocycles. The zero-order chi connectivity index (χ0) is 15.6. The first kappa shape index (κ1) is 15.4. The average Bonchev–Trinajstić information content (AvgIpc) is 3.23. The van der Waals surface area contributed by atoms with Crippen LogP contribution in [-0.2, 0) is 9.53 Å². The van der Waals surface area contributed by atoms with Crippen LogP contribution in [0.4, 0.5) is 4.39 Å². The van der Waals surface area contributed by atoms with Gasteiger partial charge in [-0.25, -0.2) is 4.39 Å². The zero-order valence-corrected chi connectivity index (χ0v) is 12.9. The first-order chi connectivity index (χ1) is 10.6. The molecule has 2 unspecified atom stereocenters. The number of methoxy groups -OCH3 is 1. The van der Waals surface area contributed by atoms with E-state index in [2.05, 4.69) is 10.6 Å². The maximum atomic E-state index is 13.0. The Morgan fingerprint density at radius 2 is 2.09 bits per heavy atom. The van der Waals surface area contributed by atoms with Crippen molar-refractivity contribution in [2.45, 2.75) is 25.4 Å². The van der Waals surface area contributed by atoms with Crippen molar-refractivity contribution in [1.82, 2.24) is 10.6 Å². The maximum absolute atomic E-state index is 13.0. The molecule has 0 radical (unpaired) electrons. The smallest absolute Gasteiger partial charge is 0.223 e. The van der Waals surface area contributed by atoms with Crippen molar-refractivity contribution >= 4 is 5.91 Å². The molecule has 0 aromatic heterocycles. The van der Waals surface area contributed by atoms with E-state index in [0.717, 1.165) is 37.9 Å². The molecule has 5 heteroatoms. The lowest BCUT2D eigenvalue weighted by Gasteiger charge is -2.23. The van der Waals surface area contributed by atoms with Gasteiger partial charge in [-0.15, -0.1) is 0 Å². The largest absolute Gasteiger partial charge is 0.375 e. The van der Waals surface area contributed by atoms with E-state index in [-0.39, 0.29) is 29.2 Å². The molecule has 0 bridgehead atoms. The monoisotopic (exact) mass is 306 g/mol. The minimum absolute atomic E-state index is 0.131. The average molecular weight is 306 g/mol. The lowest BCUT2D eigenvalue weighted by molar-refractivity contribution is -0.123. The molecule has 2 N–H and O–H groups in total. The number of amides is 1. The van der Waals surface area contributed by atoms with Crippen LogP contribution in [0.1, 0.15) is 30.9 Å². The van der Waals surface area contributed by atoms with E-state index in [4.69, 9.17) is 4.74 Å². The Labute approximate surface area is 130 Å². The van der Waals surface area contributed by atoms with Gasteiger partial charge in [-0.2, -0.15) is 0 Å². The minimum Gasteiger partial charge on any atom is -0.375 e. The number of rotatable bonds is 5. The topological polar surface area (TPSA) is 50.4 Å². The highest BCUT2D eigenvalue weighted by atomic mass is 19.1. The van der Waals surface area contributed by atoms with E-state index < -0.39 is 0 Å². The normalized spacial score (nSPS) is 24.0. The number of piperidine rings is 1. The number of carbonyl (C=O) groups is 1. The van der Waals surface area contributed by atoms with Crippen molar-refractivity contribution in [3.05, 3.63) is 35.6 Å². The fourth-order valence-corrected chi connectivity index (χ4v) is 3.53. The Morgan fingerprint density at radius 1 is 1.41 bits per heavy atom. The lowest BCUT2D eigenvalue weighted by Crippen LogP contribution is -2.35. The molecule has 1 heterocycles. The van der Waals surface area contributed by atoms with E-state index in [1.165, 1.54) is 12.1 Å². The Kier molecular flexibility index (Phi) is 4.45. The summed E-state index contributed by atoms with van der Waals surface area (Å²) < 4.78 is 18.4. The highest BCUT2D eigenvalue weighted by Crippen LogP contribution is 2.58. The molecule has 1 saturated carbocycles. The summed E-state index contributed by atoms with van der Waals surface area (Å²) in [6.45, 7) is 2.45. The van der Waals surface area contributed by atoms with Crippen LogP contribution in [-0.4, -0.2) is 32.7 Å². The van der Waals surface area contributed by atoms with Crippen molar-refractivity contribution in [1.29, 1.82) is 0 Å². The van der Waals surface area contributed by atoms with Crippen LogP contribution < -0.4 is 10.6 Å². The summed E-state index contributed by atoms with van der Waals surface area (Å²) in [5.74, 6) is 0.0138. The van der Waals surface area contributed by atoms with E-state index >= 15 is 0 Å². The molecule has 1 aliphatic heterocycles. The number of nitrogens with one attached hydrogen (secondary N) is 2. The quantitative estimate of drug-likeness (QED) is 0.875. The second kappa shape index (κ2) is 6.34. The molecular weight excluding hydrogens is 283 g/mol. The van der Waals surface area contributed by atoms with Crippen LogP contribution in [0, 0.1) is 17.2 Å². The molecule has 120 valence electrons. The number of ether oxygens (including phenoxy) is 1. The van der Waals surface area contributed by atoms with Gasteiger partial charge in [0.15, 0.2) is 0 Å². The fourth-order valence-electron chi connectivity index (χ4n) is 3.53. The van der Waals surface area contributed by atoms with Gasteiger partial charge in [0.25, 0.3) is 0 Å². The predicted octanol–water partition coefficient (Wildman–Crippen LogP) is 2.02. The fraction of sp³-hybridized carbons (Fsp3) is 0.588. The van der Waals surface area contributed by atoms with E-state index in [1.54, 1.807) is 19.2 Å². The molecule has 2 fully saturated rings. The van der Waals surface area contributed by atoms with Gasteiger partial charge >= 0.3 is 0 Å². The number of carbonyl (C=O) groups excluding carboxylic acids is 1. The van der Waals surface area contributed by atoms with Crippen LogP contribution in [0.15, 0.2) is 24.3 Å². The number of benzene rings is 1. The van der Waals surface area contributed by atoms with E-state index in [9.17, 15) is 9.18 Å². The Balaban J connectivity index is 1.53. The molecular formula is C17H23FN2O2. The van der Waals surface area contributed by atoms with Crippen LogP contribution in [0.5, 0.6) is 0 Å². The summed E-state index contributed by atoms with van der Waals surface area (Å²) in [6.07, 6.45) is 2.95. The van der Waals surface area contributed by atoms with Gasteiger partial charge < -0.3 is 15.4 Å². The standard InChI is InChI=1S/C17H23FN2O2/c1-22-15(12-2-4-13(18)5-3-12)11-20-16(21)14-10-17(14)6-8-19-9-7-17/h2-5,14-15,19H,6-11H2,1H3,(H,20,21). The van der Waals surface area contributed by atoms with Crippen LogP contribution >= 0.6 is 0 Å². The van der Waals surface area contributed by atoms with Gasteiger partial charge in [0.2, 0.25) is 5.91 Å². The summed E-state index contributed by atoms with van der Waals surface area (Å²) in [4.78, 5) is 12.3. The van der Waals surface area contributed by atoms with Gasteiger partial charge in [-0.1, -0.05) is 12.1 Å². The van der Waals surface area contributed by atoms with Crippen LogP contribution in [0.2, 0.25) is 0 Å². The van der Waals surface area contributed by atoms with Crippen LogP contribution in [0.25, 0.3) is 0 Å². The molecule has 1 saturated heterocycles. The van der Waals surface area contributed by atoms with E-state index in [1.807, 2.05) is 0 Å². The third-order valence-corrected chi connectivity index (χ3v) is 5.09. The summed E-state index contributed by atoms with van der Waals surface area (Å²) in [5.41, 5.74) is 1.12. The molecule has 4 nitrogen and oxygen atoms in total. The van der Waals surface area contributed by atoms with Gasteiger partial charge in [0, 0.05) is 19.6 Å². The number of hydrogen-bond acceptors (Lipinski definition) is 3. The van der Waals surface area contributed by atoms with Crippen molar-refractivity contribution in [3.63, 3.8) is 0 Å². The first-order valence-electron chi connectivity index (χ1n) is 7.91. The SMILES string of the molecule is COC(CNC(=O)C1CC12CCNCC2)c1ccc(F)cc1. The summed E-state index contributed by atoms with van der Waals surface area (Å²) in [7, 11) is 1.60. The molecule has 3 rings (SSSR count). The molecule has 1 aromatic carbocycles. The molecule has 1 spiro atoms. The molecule has 1 aromatic rings. The van der Waals surface area contributed by atoms with Gasteiger partial charge in [0.05, 0.1) is 6.10 Å². The zero-order valence-electron chi connectivity index (χ0n) is 12.9. The van der Waals surface area contributed by atoms with E-state index in [0.29, 0.717) is 6.54 Å². The molecule has 1 amide bonds. The summed E-state index contributed by atoms with van der Waals surface area (Å²) in [5, 5.41) is 6.35. The molecule has 22 heavy (non-hydrogen) atoms. The number of hydrogen-bond donors (Lipinski definition) is 2. The number of halogens is 1. The highest BCUT2D eigenvalue weighted by molar-refractivity contribution is 5.82. The molecule has 2 atom stereocenters. The second-order valence-electron chi connectivity index (χ2n) is 6.39. The van der Waals surface area contributed by atoms with Gasteiger partial charge in [-0.05, 0) is 55.5 Å². The highest BCUT2D eigenvalue weighted by Gasteiger charge is 2.57. The summed E-state index contributed by atoms with van der Waals surface area (Å²) in [6, 6.07) is 6.21. The third kappa shape index (κ3) is 3.15. The van der Waals surface area contributed by atoms with Crippen molar-refractivity contribution in [3.8, 4) is 0 Å². The predicted molar refractivity (Wildman–Crippen MR) is 81.8 cm³/mol. The maximum Gasteiger partial charge on any atom is 0.223 e. The van der Waals surface area contributed by atoms with Crippen LogP contribution in [0.3, 0.4) is 0 Å². The first-order valence-corrected chi connectivity index (χ1v) is 7.91. The van der Waals surface area contributed by atoms with Crippen molar-refractivity contribution < 1.29 is 13.9 Å². The Morgan fingerprint density at radius 3 is 2.73 bits per heavy atom. The van der Waals surface area contributed by atoms with Gasteiger partial charge in [0.1, 0.15) is 5.82 Å². The Hall–Kier alpha value is -1.46. The third-order valence-electron chi connectivity index (χ3n) is 5.09. The molecule has 2 aliphatic rings. The minimum atomic E-state index is -0.270.